The van der Waals surface area contributed by atoms with Crippen molar-refractivity contribution in [2.75, 3.05) is 0 Å². The molecule has 2 aromatic heterocycles. The Bertz CT molecular complexity index is 690. The van der Waals surface area contributed by atoms with Gasteiger partial charge < -0.3 is 5.32 Å². The molecule has 1 unspecified atom stereocenters. The lowest BCUT2D eigenvalue weighted by Crippen LogP contribution is -2.30. The van der Waals surface area contributed by atoms with Gasteiger partial charge in [-0.1, -0.05) is 0 Å². The highest BCUT2D eigenvalue weighted by atomic mass is 16.6. The number of amides is 1. The third-order valence-electron chi connectivity index (χ3n) is 3.42. The maximum Gasteiger partial charge on any atom is 0.307 e. The smallest absolute Gasteiger partial charge is 0.307 e. The first-order chi connectivity index (χ1) is 10.4. The molecule has 0 aromatic carbocycles. The molecule has 1 amide bonds. The zero-order valence-electron chi connectivity index (χ0n) is 12.7. The van der Waals surface area contributed by atoms with Gasteiger partial charge in [0.1, 0.15) is 18.9 Å². The molecule has 0 radical (unpaired) electrons. The maximum absolute atomic E-state index is 12.0. The van der Waals surface area contributed by atoms with E-state index in [2.05, 4.69) is 15.5 Å². The quantitative estimate of drug-likeness (QED) is 0.637. The lowest BCUT2D eigenvalue weighted by Gasteiger charge is -2.14. The Morgan fingerprint density at radius 1 is 1.45 bits per heavy atom. The number of nitro groups is 1. The van der Waals surface area contributed by atoms with Crippen LogP contribution in [0.15, 0.2) is 18.6 Å². The van der Waals surface area contributed by atoms with Crippen molar-refractivity contribution in [2.24, 2.45) is 0 Å². The molecule has 2 rings (SSSR count). The largest absolute Gasteiger partial charge is 0.348 e. The summed E-state index contributed by atoms with van der Waals surface area (Å²) in [5.74, 6) is -0.269. The number of nitrogens with zero attached hydrogens (tertiary/aromatic N) is 5. The molecule has 22 heavy (non-hydrogen) atoms. The molecule has 0 saturated carbocycles. The SMILES string of the molecule is CCn1ncc(C(C)NC(=O)Cn2cc([N+](=O)[O-])cn2)c1C. The maximum atomic E-state index is 12.0. The van der Waals surface area contributed by atoms with Crippen LogP contribution in [-0.2, 0) is 17.9 Å². The Hall–Kier alpha value is -2.71. The molecule has 2 heterocycles. The van der Waals surface area contributed by atoms with Crippen LogP contribution in [0, 0.1) is 17.0 Å². The van der Waals surface area contributed by atoms with Crippen molar-refractivity contribution < 1.29 is 9.72 Å². The second kappa shape index (κ2) is 6.37. The average Bonchev–Trinajstić information content (AvgIpc) is 3.05. The first-order valence-electron chi connectivity index (χ1n) is 6.90. The molecule has 0 aliphatic rings. The van der Waals surface area contributed by atoms with Crippen LogP contribution in [0.3, 0.4) is 0 Å². The van der Waals surface area contributed by atoms with Crippen molar-refractivity contribution in [3.63, 3.8) is 0 Å². The zero-order chi connectivity index (χ0) is 16.3. The Kier molecular flexibility index (Phi) is 4.54. The first kappa shape index (κ1) is 15.7. The van der Waals surface area contributed by atoms with Crippen LogP contribution in [0.25, 0.3) is 0 Å². The van der Waals surface area contributed by atoms with Crippen LogP contribution in [0.4, 0.5) is 5.69 Å². The third-order valence-corrected chi connectivity index (χ3v) is 3.42. The van der Waals surface area contributed by atoms with Gasteiger partial charge >= 0.3 is 5.69 Å². The molecule has 9 heteroatoms. The minimum Gasteiger partial charge on any atom is -0.348 e. The first-order valence-corrected chi connectivity index (χ1v) is 6.90. The highest BCUT2D eigenvalue weighted by molar-refractivity contribution is 5.76. The molecule has 9 nitrogen and oxygen atoms in total. The lowest BCUT2D eigenvalue weighted by atomic mass is 10.1. The van der Waals surface area contributed by atoms with Crippen molar-refractivity contribution in [3.8, 4) is 0 Å². The number of carbonyl (C=O) groups excluding carboxylic acids is 1. The van der Waals surface area contributed by atoms with Gasteiger partial charge in [0.05, 0.1) is 17.2 Å². The standard InChI is InChI=1S/C13H18N6O3/c1-4-18-10(3)12(6-15-18)9(2)16-13(20)8-17-7-11(5-14-17)19(21)22/h5-7,9H,4,8H2,1-3H3,(H,16,20). The Balaban J connectivity index is 1.98. The summed E-state index contributed by atoms with van der Waals surface area (Å²) in [7, 11) is 0. The number of rotatable bonds is 6. The Morgan fingerprint density at radius 2 is 2.18 bits per heavy atom. The van der Waals surface area contributed by atoms with Crippen molar-refractivity contribution in [2.45, 2.75) is 39.9 Å². The van der Waals surface area contributed by atoms with Gasteiger partial charge in [-0.25, -0.2) is 0 Å². The number of hydrogen-bond donors (Lipinski definition) is 1. The molecular formula is C13H18N6O3. The monoisotopic (exact) mass is 306 g/mol. The fraction of sp³-hybridized carbons (Fsp3) is 0.462. The summed E-state index contributed by atoms with van der Waals surface area (Å²) in [5.41, 5.74) is 1.81. The average molecular weight is 306 g/mol. The number of carbonyl (C=O) groups is 1. The molecule has 1 N–H and O–H groups in total. The van der Waals surface area contributed by atoms with Crippen molar-refractivity contribution in [3.05, 3.63) is 40.0 Å². The summed E-state index contributed by atoms with van der Waals surface area (Å²) in [6.45, 7) is 6.51. The molecule has 0 aliphatic heterocycles. The van der Waals surface area contributed by atoms with E-state index < -0.39 is 4.92 Å². The summed E-state index contributed by atoms with van der Waals surface area (Å²) in [6, 6.07) is -0.196. The number of aryl methyl sites for hydroxylation is 1. The van der Waals surface area contributed by atoms with Gasteiger partial charge in [-0.05, 0) is 20.8 Å². The predicted octanol–water partition coefficient (Wildman–Crippen LogP) is 1.19. The molecule has 0 aliphatic carbocycles. The van der Waals surface area contributed by atoms with E-state index in [1.807, 2.05) is 25.5 Å². The van der Waals surface area contributed by atoms with E-state index in [0.29, 0.717) is 0 Å². The van der Waals surface area contributed by atoms with E-state index in [9.17, 15) is 14.9 Å². The molecule has 0 bridgehead atoms. The summed E-state index contributed by atoms with van der Waals surface area (Å²) in [5, 5.41) is 21.4. The van der Waals surface area contributed by atoms with Crippen LogP contribution in [-0.4, -0.2) is 30.4 Å². The summed E-state index contributed by atoms with van der Waals surface area (Å²) in [6.07, 6.45) is 4.08. The van der Waals surface area contributed by atoms with E-state index in [0.717, 1.165) is 24.0 Å². The molecule has 0 saturated heterocycles. The lowest BCUT2D eigenvalue weighted by molar-refractivity contribution is -0.385. The minimum absolute atomic E-state index is 0.0703. The van der Waals surface area contributed by atoms with Gasteiger partial charge in [-0.15, -0.1) is 0 Å². The Morgan fingerprint density at radius 3 is 2.73 bits per heavy atom. The van der Waals surface area contributed by atoms with E-state index in [4.69, 9.17) is 0 Å². The second-order valence-electron chi connectivity index (χ2n) is 4.94. The highest BCUT2D eigenvalue weighted by Gasteiger charge is 2.16. The van der Waals surface area contributed by atoms with E-state index in [1.54, 1.807) is 6.20 Å². The van der Waals surface area contributed by atoms with Crippen LogP contribution >= 0.6 is 0 Å². The number of nitrogens with one attached hydrogen (secondary N) is 1. The van der Waals surface area contributed by atoms with Gasteiger partial charge in [-0.2, -0.15) is 10.2 Å². The minimum atomic E-state index is -0.549. The van der Waals surface area contributed by atoms with Crippen LogP contribution in [0.5, 0.6) is 0 Å². The Labute approximate surface area is 127 Å². The van der Waals surface area contributed by atoms with Crippen LogP contribution < -0.4 is 5.32 Å². The van der Waals surface area contributed by atoms with Crippen molar-refractivity contribution in [1.29, 1.82) is 0 Å². The van der Waals surface area contributed by atoms with Crippen LogP contribution in [0.1, 0.15) is 31.1 Å². The number of aromatic nitrogens is 4. The predicted molar refractivity (Wildman–Crippen MR) is 78.1 cm³/mol. The third kappa shape index (κ3) is 3.30. The fourth-order valence-corrected chi connectivity index (χ4v) is 2.25. The van der Waals surface area contributed by atoms with Crippen molar-refractivity contribution >= 4 is 11.6 Å². The van der Waals surface area contributed by atoms with E-state index in [-0.39, 0.29) is 24.2 Å². The van der Waals surface area contributed by atoms with Gasteiger partial charge in [0.2, 0.25) is 5.91 Å². The van der Waals surface area contributed by atoms with Gasteiger partial charge in [0, 0.05) is 17.8 Å². The number of hydrogen-bond acceptors (Lipinski definition) is 5. The highest BCUT2D eigenvalue weighted by Crippen LogP contribution is 2.16. The van der Waals surface area contributed by atoms with Crippen LogP contribution in [0.2, 0.25) is 0 Å². The van der Waals surface area contributed by atoms with Gasteiger partial charge in [0.15, 0.2) is 0 Å². The topological polar surface area (TPSA) is 108 Å². The normalized spacial score (nSPS) is 12.1. The van der Waals surface area contributed by atoms with E-state index in [1.165, 1.54) is 10.9 Å². The summed E-state index contributed by atoms with van der Waals surface area (Å²) < 4.78 is 3.09. The molecular weight excluding hydrogens is 288 g/mol. The molecule has 2 aromatic rings. The molecule has 0 fully saturated rings. The van der Waals surface area contributed by atoms with Gasteiger partial charge in [0.25, 0.3) is 0 Å². The summed E-state index contributed by atoms with van der Waals surface area (Å²) in [4.78, 5) is 22.0. The van der Waals surface area contributed by atoms with Crippen molar-refractivity contribution in [1.82, 2.24) is 24.9 Å². The molecule has 0 spiro atoms. The zero-order valence-corrected chi connectivity index (χ0v) is 12.7. The summed E-state index contributed by atoms with van der Waals surface area (Å²) >= 11 is 0. The van der Waals surface area contributed by atoms with Gasteiger partial charge in [-0.3, -0.25) is 24.3 Å². The second-order valence-corrected chi connectivity index (χ2v) is 4.94. The molecule has 118 valence electrons. The van der Waals surface area contributed by atoms with E-state index >= 15 is 0 Å². The fourth-order valence-electron chi connectivity index (χ4n) is 2.25. The molecule has 1 atom stereocenters.